The molecule has 2 aromatic rings. The molecule has 6 heteroatoms. The number of nitrogens with zero attached hydrogens (tertiary/aromatic N) is 1. The predicted octanol–water partition coefficient (Wildman–Crippen LogP) is 3.72. The highest BCUT2D eigenvalue weighted by atomic mass is 16.6. The molecule has 114 valence electrons. The molecule has 0 atom stereocenters. The molecule has 2 N–H and O–H groups in total. The van der Waals surface area contributed by atoms with Crippen molar-refractivity contribution in [2.75, 3.05) is 17.3 Å². The van der Waals surface area contributed by atoms with Crippen LogP contribution < -0.4 is 15.0 Å². The Morgan fingerprint density at radius 1 is 1.14 bits per heavy atom. The molecule has 0 radical (unpaired) electrons. The quantitative estimate of drug-likeness (QED) is 0.905. The summed E-state index contributed by atoms with van der Waals surface area (Å²) in [7, 11) is 1.41. The third kappa shape index (κ3) is 3.76. The molecule has 0 bridgehead atoms. The van der Waals surface area contributed by atoms with Crippen molar-refractivity contribution in [1.29, 1.82) is 0 Å². The van der Waals surface area contributed by atoms with Gasteiger partial charge in [-0.3, -0.25) is 10.2 Å². The van der Waals surface area contributed by atoms with Crippen molar-refractivity contribution < 1.29 is 19.4 Å². The highest BCUT2D eigenvalue weighted by molar-refractivity contribution is 5.88. The monoisotopic (exact) mass is 300 g/mol. The van der Waals surface area contributed by atoms with Crippen LogP contribution in [0.15, 0.2) is 48.5 Å². The highest BCUT2D eigenvalue weighted by Gasteiger charge is 2.11. The minimum atomic E-state index is -1.10. The van der Waals surface area contributed by atoms with Gasteiger partial charge in [0.1, 0.15) is 5.75 Å². The van der Waals surface area contributed by atoms with Crippen molar-refractivity contribution in [3.05, 3.63) is 54.1 Å². The van der Waals surface area contributed by atoms with Crippen LogP contribution in [0.4, 0.5) is 21.0 Å². The van der Waals surface area contributed by atoms with Crippen LogP contribution in [-0.4, -0.2) is 24.3 Å². The van der Waals surface area contributed by atoms with Crippen molar-refractivity contribution in [3.63, 3.8) is 0 Å². The van der Waals surface area contributed by atoms with Gasteiger partial charge >= 0.3 is 12.2 Å². The van der Waals surface area contributed by atoms with Gasteiger partial charge in [-0.2, -0.15) is 0 Å². The van der Waals surface area contributed by atoms with Crippen LogP contribution in [0.2, 0.25) is 0 Å². The van der Waals surface area contributed by atoms with Crippen molar-refractivity contribution in [1.82, 2.24) is 0 Å². The second-order valence-electron chi connectivity index (χ2n) is 4.67. The van der Waals surface area contributed by atoms with Crippen LogP contribution in [0.25, 0.3) is 0 Å². The Kier molecular flexibility index (Phi) is 4.63. The Labute approximate surface area is 127 Å². The molecule has 22 heavy (non-hydrogen) atoms. The van der Waals surface area contributed by atoms with Crippen molar-refractivity contribution >= 4 is 23.6 Å². The van der Waals surface area contributed by atoms with Crippen LogP contribution in [-0.2, 0) is 0 Å². The van der Waals surface area contributed by atoms with E-state index in [1.807, 2.05) is 25.1 Å². The standard InChI is InChI=1S/C16H16N2O4/c1-11-6-3-4-9-14(11)17-15(19)22-13-8-5-7-12(10-13)18(2)16(20)21/h3-10H,1-2H3,(H,17,19)(H,20,21). The fraction of sp³-hybridized carbons (Fsp3) is 0.125. The number of para-hydroxylation sites is 1. The third-order valence-electron chi connectivity index (χ3n) is 3.08. The molecule has 0 fully saturated rings. The van der Waals surface area contributed by atoms with E-state index < -0.39 is 12.2 Å². The third-order valence-corrected chi connectivity index (χ3v) is 3.08. The van der Waals surface area contributed by atoms with Crippen LogP contribution in [0.3, 0.4) is 0 Å². The maximum atomic E-state index is 11.9. The van der Waals surface area contributed by atoms with Gasteiger partial charge in [-0.15, -0.1) is 0 Å². The first-order chi connectivity index (χ1) is 10.5. The number of carboxylic acid groups (broad SMARTS) is 1. The molecule has 0 aromatic heterocycles. The Morgan fingerprint density at radius 2 is 1.86 bits per heavy atom. The summed E-state index contributed by atoms with van der Waals surface area (Å²) in [6.45, 7) is 1.87. The van der Waals surface area contributed by atoms with E-state index in [1.54, 1.807) is 24.3 Å². The molecular formula is C16H16N2O4. The summed E-state index contributed by atoms with van der Waals surface area (Å²) in [4.78, 5) is 23.8. The van der Waals surface area contributed by atoms with Gasteiger partial charge in [0.15, 0.2) is 0 Å². The number of hydrogen-bond donors (Lipinski definition) is 2. The molecule has 0 saturated heterocycles. The number of aryl methyl sites for hydroxylation is 1. The van der Waals surface area contributed by atoms with Gasteiger partial charge < -0.3 is 9.84 Å². The lowest BCUT2D eigenvalue weighted by molar-refractivity contribution is 0.203. The van der Waals surface area contributed by atoms with E-state index in [0.29, 0.717) is 11.4 Å². The fourth-order valence-corrected chi connectivity index (χ4v) is 1.82. The summed E-state index contributed by atoms with van der Waals surface area (Å²) in [6.07, 6.45) is -1.73. The number of amides is 2. The van der Waals surface area contributed by atoms with Crippen LogP contribution in [0.5, 0.6) is 5.75 Å². The fourth-order valence-electron chi connectivity index (χ4n) is 1.82. The average Bonchev–Trinajstić information content (AvgIpc) is 2.49. The van der Waals surface area contributed by atoms with E-state index in [2.05, 4.69) is 5.32 Å². The van der Waals surface area contributed by atoms with Gasteiger partial charge in [0.2, 0.25) is 0 Å². The zero-order valence-electron chi connectivity index (χ0n) is 12.2. The van der Waals surface area contributed by atoms with E-state index in [9.17, 15) is 9.59 Å². The number of hydrogen-bond acceptors (Lipinski definition) is 3. The number of nitrogens with one attached hydrogen (secondary N) is 1. The Balaban J connectivity index is 2.07. The minimum Gasteiger partial charge on any atom is -0.465 e. The first-order valence-corrected chi connectivity index (χ1v) is 6.58. The highest BCUT2D eigenvalue weighted by Crippen LogP contribution is 2.21. The van der Waals surface area contributed by atoms with E-state index in [0.717, 1.165) is 10.5 Å². The zero-order valence-corrected chi connectivity index (χ0v) is 12.2. The molecule has 2 aromatic carbocycles. The number of rotatable bonds is 3. The lowest BCUT2D eigenvalue weighted by Gasteiger charge is -2.14. The number of benzene rings is 2. The molecule has 0 unspecified atom stereocenters. The molecule has 2 rings (SSSR count). The summed E-state index contributed by atoms with van der Waals surface area (Å²) in [5, 5.41) is 11.6. The SMILES string of the molecule is Cc1ccccc1NC(=O)Oc1cccc(N(C)C(=O)O)c1. The van der Waals surface area contributed by atoms with E-state index in [1.165, 1.54) is 13.1 Å². The maximum Gasteiger partial charge on any atom is 0.417 e. The van der Waals surface area contributed by atoms with Gasteiger partial charge in [0.25, 0.3) is 0 Å². The summed E-state index contributed by atoms with van der Waals surface area (Å²) in [5.41, 5.74) is 1.99. The largest absolute Gasteiger partial charge is 0.465 e. The van der Waals surface area contributed by atoms with Gasteiger partial charge in [-0.05, 0) is 30.7 Å². The normalized spacial score (nSPS) is 9.91. The maximum absolute atomic E-state index is 11.9. The Hall–Kier alpha value is -3.02. The van der Waals surface area contributed by atoms with Crippen LogP contribution in [0.1, 0.15) is 5.56 Å². The lowest BCUT2D eigenvalue weighted by atomic mass is 10.2. The van der Waals surface area contributed by atoms with E-state index in [-0.39, 0.29) is 5.75 Å². The molecule has 2 amide bonds. The Morgan fingerprint density at radius 3 is 2.55 bits per heavy atom. The summed E-state index contributed by atoms with van der Waals surface area (Å²) in [6, 6.07) is 13.6. The lowest BCUT2D eigenvalue weighted by Crippen LogP contribution is -2.24. The Bertz CT molecular complexity index is 700. The summed E-state index contributed by atoms with van der Waals surface area (Å²) < 4.78 is 5.17. The van der Waals surface area contributed by atoms with Crippen LogP contribution in [0, 0.1) is 6.92 Å². The number of ether oxygens (including phenoxy) is 1. The molecule has 0 aliphatic carbocycles. The van der Waals surface area contributed by atoms with Gasteiger partial charge in [-0.25, -0.2) is 9.59 Å². The molecular weight excluding hydrogens is 284 g/mol. The molecule has 0 aliphatic rings. The van der Waals surface area contributed by atoms with Gasteiger partial charge in [0, 0.05) is 18.8 Å². The van der Waals surface area contributed by atoms with Gasteiger partial charge in [0.05, 0.1) is 5.69 Å². The average molecular weight is 300 g/mol. The second kappa shape index (κ2) is 6.62. The first-order valence-electron chi connectivity index (χ1n) is 6.58. The van der Waals surface area contributed by atoms with E-state index >= 15 is 0 Å². The summed E-state index contributed by atoms with van der Waals surface area (Å²) >= 11 is 0. The van der Waals surface area contributed by atoms with Crippen molar-refractivity contribution in [2.24, 2.45) is 0 Å². The van der Waals surface area contributed by atoms with E-state index in [4.69, 9.17) is 9.84 Å². The molecule has 0 spiro atoms. The number of carbonyl (C=O) groups is 2. The zero-order chi connectivity index (χ0) is 16.1. The number of carbonyl (C=O) groups excluding carboxylic acids is 1. The van der Waals surface area contributed by atoms with Crippen LogP contribution >= 0.6 is 0 Å². The molecule has 0 heterocycles. The van der Waals surface area contributed by atoms with Crippen molar-refractivity contribution in [3.8, 4) is 5.75 Å². The van der Waals surface area contributed by atoms with Gasteiger partial charge in [-0.1, -0.05) is 24.3 Å². The minimum absolute atomic E-state index is 0.261. The smallest absolute Gasteiger partial charge is 0.417 e. The second-order valence-corrected chi connectivity index (χ2v) is 4.67. The molecule has 0 saturated carbocycles. The molecule has 6 nitrogen and oxygen atoms in total. The summed E-state index contributed by atoms with van der Waals surface area (Å²) in [5.74, 6) is 0.261. The first kappa shape index (κ1) is 15.4. The molecule has 0 aliphatic heterocycles. The number of anilines is 2. The topological polar surface area (TPSA) is 78.9 Å². The predicted molar refractivity (Wildman–Crippen MR) is 83.7 cm³/mol. The van der Waals surface area contributed by atoms with Crippen molar-refractivity contribution in [2.45, 2.75) is 6.92 Å².